The molecule has 2 rings (SSSR count). The highest BCUT2D eigenvalue weighted by molar-refractivity contribution is 6.30. The molecule has 110 valence electrons. The normalized spacial score (nSPS) is 22.6. The van der Waals surface area contributed by atoms with E-state index >= 15 is 0 Å². The van der Waals surface area contributed by atoms with Crippen molar-refractivity contribution in [2.45, 2.75) is 25.8 Å². The van der Waals surface area contributed by atoms with E-state index in [1.54, 1.807) is 0 Å². The zero-order chi connectivity index (χ0) is 14.7. The summed E-state index contributed by atoms with van der Waals surface area (Å²) in [7, 11) is 4.09. The molecule has 1 aliphatic rings. The summed E-state index contributed by atoms with van der Waals surface area (Å²) in [6.07, 6.45) is 1.92. The van der Waals surface area contributed by atoms with E-state index in [1.807, 2.05) is 38.4 Å². The van der Waals surface area contributed by atoms with Gasteiger partial charge >= 0.3 is 0 Å². The highest BCUT2D eigenvalue weighted by Crippen LogP contribution is 2.38. The molecule has 3 unspecified atom stereocenters. The number of hydrogen-bond donors (Lipinski definition) is 1. The van der Waals surface area contributed by atoms with E-state index in [0.717, 1.165) is 30.0 Å². The summed E-state index contributed by atoms with van der Waals surface area (Å²) >= 11 is 5.93. The van der Waals surface area contributed by atoms with Gasteiger partial charge < -0.3 is 10.2 Å². The van der Waals surface area contributed by atoms with Crippen molar-refractivity contribution in [1.29, 1.82) is 0 Å². The average Bonchev–Trinajstić information content (AvgIpc) is 3.12. The van der Waals surface area contributed by atoms with Crippen LogP contribution >= 0.6 is 11.6 Å². The Kier molecular flexibility index (Phi) is 5.06. The smallest absolute Gasteiger partial charge is 0.223 e. The fraction of sp³-hybridized carbons (Fsp3) is 0.562. The van der Waals surface area contributed by atoms with Crippen molar-refractivity contribution in [2.24, 2.45) is 11.8 Å². The number of rotatable bonds is 6. The molecule has 20 heavy (non-hydrogen) atoms. The Morgan fingerprint density at radius 3 is 2.50 bits per heavy atom. The first-order valence-corrected chi connectivity index (χ1v) is 7.55. The van der Waals surface area contributed by atoms with Crippen LogP contribution in [0.15, 0.2) is 24.3 Å². The number of hydrogen-bond acceptors (Lipinski definition) is 2. The Balaban J connectivity index is 2.03. The van der Waals surface area contributed by atoms with Gasteiger partial charge in [0.25, 0.3) is 0 Å². The average molecular weight is 295 g/mol. The number of carbonyl (C=O) groups excluding carboxylic acids is 1. The summed E-state index contributed by atoms with van der Waals surface area (Å²) in [5.74, 6) is 0.940. The van der Waals surface area contributed by atoms with Gasteiger partial charge in [-0.2, -0.15) is 0 Å². The Labute approximate surface area is 126 Å². The fourth-order valence-corrected chi connectivity index (χ4v) is 2.50. The summed E-state index contributed by atoms with van der Waals surface area (Å²) in [6, 6.07) is 7.82. The zero-order valence-corrected chi connectivity index (χ0v) is 13.2. The molecule has 0 heterocycles. The largest absolute Gasteiger partial charge is 0.349 e. The van der Waals surface area contributed by atoms with Crippen LogP contribution in [-0.4, -0.2) is 31.4 Å². The molecule has 0 aromatic heterocycles. The van der Waals surface area contributed by atoms with Crippen LogP contribution in [0.5, 0.6) is 0 Å². The Hall–Kier alpha value is -1.06. The minimum Gasteiger partial charge on any atom is -0.349 e. The number of amides is 1. The minimum atomic E-state index is 0.0648. The Bertz CT molecular complexity index is 458. The van der Waals surface area contributed by atoms with Crippen LogP contribution in [0.1, 0.15) is 31.4 Å². The van der Waals surface area contributed by atoms with Gasteiger partial charge in [0.05, 0.1) is 6.04 Å². The van der Waals surface area contributed by atoms with E-state index in [-0.39, 0.29) is 17.9 Å². The maximum atomic E-state index is 12.2. The van der Waals surface area contributed by atoms with Gasteiger partial charge in [0.2, 0.25) is 5.91 Å². The molecule has 4 heteroatoms. The predicted molar refractivity (Wildman–Crippen MR) is 82.8 cm³/mol. The van der Waals surface area contributed by atoms with Crippen molar-refractivity contribution in [3.63, 3.8) is 0 Å². The summed E-state index contributed by atoms with van der Waals surface area (Å²) < 4.78 is 0. The molecule has 1 amide bonds. The van der Waals surface area contributed by atoms with Crippen LogP contribution in [0.2, 0.25) is 5.02 Å². The number of nitrogens with zero attached hydrogens (tertiary/aromatic N) is 1. The van der Waals surface area contributed by atoms with Crippen molar-refractivity contribution in [1.82, 2.24) is 10.2 Å². The molecule has 1 aromatic rings. The number of carbonyl (C=O) groups is 1. The standard InChI is InChI=1S/C16H23ClN2O/c1-11-10-14(11)16(20)18-15(8-9-19(2)3)12-4-6-13(17)7-5-12/h4-7,11,14-15H,8-10H2,1-3H3,(H,18,20). The summed E-state index contributed by atoms with van der Waals surface area (Å²) in [4.78, 5) is 14.3. The first-order chi connectivity index (χ1) is 9.47. The molecule has 0 saturated heterocycles. The van der Waals surface area contributed by atoms with Crippen LogP contribution in [-0.2, 0) is 4.79 Å². The third-order valence-electron chi connectivity index (χ3n) is 3.90. The van der Waals surface area contributed by atoms with Crippen molar-refractivity contribution >= 4 is 17.5 Å². The zero-order valence-electron chi connectivity index (χ0n) is 12.4. The first-order valence-electron chi connectivity index (χ1n) is 7.18. The SMILES string of the molecule is CC1CC1C(=O)NC(CCN(C)C)c1ccc(Cl)cc1. The predicted octanol–water partition coefficient (Wildman–Crippen LogP) is 3.11. The maximum absolute atomic E-state index is 12.2. The van der Waals surface area contributed by atoms with Crippen molar-refractivity contribution in [3.8, 4) is 0 Å². The van der Waals surface area contributed by atoms with Crippen molar-refractivity contribution in [3.05, 3.63) is 34.9 Å². The van der Waals surface area contributed by atoms with Crippen LogP contribution < -0.4 is 5.32 Å². The molecule has 1 aromatic carbocycles. The second-order valence-electron chi connectivity index (χ2n) is 6.02. The molecule has 1 fully saturated rings. The third-order valence-corrected chi connectivity index (χ3v) is 4.15. The van der Waals surface area contributed by atoms with E-state index in [9.17, 15) is 4.79 Å². The van der Waals surface area contributed by atoms with Crippen molar-refractivity contribution in [2.75, 3.05) is 20.6 Å². The highest BCUT2D eigenvalue weighted by Gasteiger charge is 2.39. The van der Waals surface area contributed by atoms with Gasteiger partial charge in [-0.3, -0.25) is 4.79 Å². The molecule has 0 aliphatic heterocycles. The van der Waals surface area contributed by atoms with E-state index < -0.39 is 0 Å². The van der Waals surface area contributed by atoms with E-state index in [0.29, 0.717) is 5.92 Å². The first kappa shape index (κ1) is 15.3. The van der Waals surface area contributed by atoms with Crippen molar-refractivity contribution < 1.29 is 4.79 Å². The molecule has 3 nitrogen and oxygen atoms in total. The number of halogens is 1. The van der Waals surface area contributed by atoms with E-state index in [4.69, 9.17) is 11.6 Å². The molecule has 0 radical (unpaired) electrons. The van der Waals surface area contributed by atoms with Gasteiger partial charge in [0.1, 0.15) is 0 Å². The molecule has 1 aliphatic carbocycles. The van der Waals surface area contributed by atoms with E-state index in [1.165, 1.54) is 0 Å². The van der Waals surface area contributed by atoms with Crippen LogP contribution in [0.4, 0.5) is 0 Å². The Morgan fingerprint density at radius 1 is 1.40 bits per heavy atom. The summed E-state index contributed by atoms with van der Waals surface area (Å²) in [5, 5.41) is 3.92. The van der Waals surface area contributed by atoms with Gasteiger partial charge in [-0.15, -0.1) is 0 Å². The van der Waals surface area contributed by atoms with Gasteiger partial charge in [0, 0.05) is 10.9 Å². The summed E-state index contributed by atoms with van der Waals surface area (Å²) in [6.45, 7) is 3.06. The van der Waals surface area contributed by atoms with Crippen LogP contribution in [0.3, 0.4) is 0 Å². The lowest BCUT2D eigenvalue weighted by atomic mass is 10.0. The maximum Gasteiger partial charge on any atom is 0.223 e. The lowest BCUT2D eigenvalue weighted by Gasteiger charge is -2.21. The van der Waals surface area contributed by atoms with Gasteiger partial charge in [-0.1, -0.05) is 30.7 Å². The number of benzene rings is 1. The highest BCUT2D eigenvalue weighted by atomic mass is 35.5. The Morgan fingerprint density at radius 2 is 2.00 bits per heavy atom. The summed E-state index contributed by atoms with van der Waals surface area (Å²) in [5.41, 5.74) is 1.12. The van der Waals surface area contributed by atoms with E-state index in [2.05, 4.69) is 17.1 Å². The van der Waals surface area contributed by atoms with Gasteiger partial charge in [-0.05, 0) is 57.1 Å². The van der Waals surface area contributed by atoms with Gasteiger partial charge in [-0.25, -0.2) is 0 Å². The second kappa shape index (κ2) is 6.59. The van der Waals surface area contributed by atoms with Crippen LogP contribution in [0.25, 0.3) is 0 Å². The lowest BCUT2D eigenvalue weighted by Crippen LogP contribution is -2.32. The topological polar surface area (TPSA) is 32.3 Å². The second-order valence-corrected chi connectivity index (χ2v) is 6.46. The molecular weight excluding hydrogens is 272 g/mol. The quantitative estimate of drug-likeness (QED) is 0.874. The molecule has 0 bridgehead atoms. The third kappa shape index (κ3) is 4.22. The monoisotopic (exact) mass is 294 g/mol. The van der Waals surface area contributed by atoms with Gasteiger partial charge in [0.15, 0.2) is 0 Å². The molecule has 3 atom stereocenters. The lowest BCUT2D eigenvalue weighted by molar-refractivity contribution is -0.123. The molecule has 0 spiro atoms. The fourth-order valence-electron chi connectivity index (χ4n) is 2.37. The molecular formula is C16H23ClN2O. The molecule has 1 saturated carbocycles. The number of nitrogens with one attached hydrogen (secondary N) is 1. The van der Waals surface area contributed by atoms with Crippen LogP contribution in [0, 0.1) is 11.8 Å². The molecule has 1 N–H and O–H groups in total. The minimum absolute atomic E-state index is 0.0648.